The molecule has 0 aliphatic heterocycles. The maximum Gasteiger partial charge on any atom is 0.326 e. The molecule has 0 bridgehead atoms. The SMILES string of the molecule is NC(N)=NCCCC(NC(=O)C(Cc1cnc[nH]1)NC(=O)C(Cc1cnc[nH]1)NC(=O)C(N)CS)C(=O)O. The van der Waals surface area contributed by atoms with Crippen molar-refractivity contribution >= 4 is 42.3 Å². The number of nitrogens with zero attached hydrogens (tertiary/aromatic N) is 3. The first-order valence-electron chi connectivity index (χ1n) is 11.6. The van der Waals surface area contributed by atoms with Crippen LogP contribution in [0.1, 0.15) is 24.2 Å². The summed E-state index contributed by atoms with van der Waals surface area (Å²) >= 11 is 4.01. The predicted molar refractivity (Wildman–Crippen MR) is 140 cm³/mol. The predicted octanol–water partition coefficient (Wildman–Crippen LogP) is -3.23. The topological polar surface area (TPSA) is 272 Å². The Labute approximate surface area is 223 Å². The van der Waals surface area contributed by atoms with Crippen molar-refractivity contribution in [2.45, 2.75) is 49.9 Å². The molecule has 2 heterocycles. The number of carbonyl (C=O) groups is 4. The summed E-state index contributed by atoms with van der Waals surface area (Å²) < 4.78 is 0. The molecule has 0 saturated carbocycles. The first kappa shape index (κ1) is 30.1. The smallest absolute Gasteiger partial charge is 0.326 e. The molecular weight excluding hydrogens is 518 g/mol. The van der Waals surface area contributed by atoms with E-state index >= 15 is 0 Å². The molecule has 0 spiro atoms. The van der Waals surface area contributed by atoms with Gasteiger partial charge >= 0.3 is 5.97 Å². The van der Waals surface area contributed by atoms with Crippen LogP contribution in [0.5, 0.6) is 0 Å². The Bertz CT molecular complexity index is 1070. The van der Waals surface area contributed by atoms with Gasteiger partial charge in [0.2, 0.25) is 17.7 Å². The number of imidazole rings is 2. The van der Waals surface area contributed by atoms with Crippen LogP contribution in [-0.2, 0) is 32.0 Å². The lowest BCUT2D eigenvalue weighted by molar-refractivity contribution is -0.142. The average Bonchev–Trinajstić information content (AvgIpc) is 3.58. The summed E-state index contributed by atoms with van der Waals surface area (Å²) in [5, 5.41) is 17.2. The number of carboxylic acids is 1. The van der Waals surface area contributed by atoms with Gasteiger partial charge in [-0.3, -0.25) is 19.4 Å². The highest BCUT2D eigenvalue weighted by atomic mass is 32.1. The molecule has 208 valence electrons. The Morgan fingerprint density at radius 1 is 0.921 bits per heavy atom. The standard InChI is InChI=1S/C21H33N11O5S/c22-13(8-38)17(33)31-15(4-11-6-25-9-28-11)19(35)32-16(5-12-7-26-10-29-12)18(34)30-14(20(36)37)2-1-3-27-21(23)24/h6-7,9-10,13-16,38H,1-5,8,22H2,(H,25,28)(H,26,29)(H,30,34)(H,31,33)(H,32,35)(H,36,37)(H4,23,24,27). The number of aromatic nitrogens is 4. The summed E-state index contributed by atoms with van der Waals surface area (Å²) in [5.74, 6) is -3.40. The molecule has 0 aliphatic carbocycles. The zero-order valence-electron chi connectivity index (χ0n) is 20.5. The van der Waals surface area contributed by atoms with Gasteiger partial charge < -0.3 is 48.2 Å². The third kappa shape index (κ3) is 10.1. The fourth-order valence-electron chi connectivity index (χ4n) is 3.32. The highest BCUT2D eigenvalue weighted by molar-refractivity contribution is 7.80. The van der Waals surface area contributed by atoms with Gasteiger partial charge in [0.25, 0.3) is 0 Å². The van der Waals surface area contributed by atoms with Gasteiger partial charge in [0.05, 0.1) is 18.7 Å². The number of carboxylic acid groups (broad SMARTS) is 1. The van der Waals surface area contributed by atoms with Gasteiger partial charge in [0.15, 0.2) is 5.96 Å². The summed E-state index contributed by atoms with van der Waals surface area (Å²) in [6.45, 7) is 0.180. The summed E-state index contributed by atoms with van der Waals surface area (Å²) in [5.41, 5.74) is 17.3. The van der Waals surface area contributed by atoms with Crippen LogP contribution in [0.15, 0.2) is 30.0 Å². The molecule has 0 fully saturated rings. The fraction of sp³-hybridized carbons (Fsp3) is 0.476. The number of hydrogen-bond acceptors (Lipinski definition) is 9. The Kier molecular flexibility index (Phi) is 12.0. The lowest BCUT2D eigenvalue weighted by Gasteiger charge is -2.25. The van der Waals surface area contributed by atoms with E-state index in [1.54, 1.807) is 0 Å². The molecule has 0 radical (unpaired) electrons. The molecule has 4 atom stereocenters. The third-order valence-corrected chi connectivity index (χ3v) is 5.71. The molecule has 17 heteroatoms. The van der Waals surface area contributed by atoms with Crippen molar-refractivity contribution in [3.63, 3.8) is 0 Å². The average molecular weight is 552 g/mol. The number of aromatic amines is 2. The van der Waals surface area contributed by atoms with Crippen LogP contribution in [0.4, 0.5) is 0 Å². The minimum Gasteiger partial charge on any atom is -0.480 e. The minimum absolute atomic E-state index is 0.0256. The normalized spacial score (nSPS) is 13.9. The van der Waals surface area contributed by atoms with E-state index in [1.807, 2.05) is 0 Å². The lowest BCUT2D eigenvalue weighted by Crippen LogP contribution is -2.58. The lowest BCUT2D eigenvalue weighted by atomic mass is 10.1. The van der Waals surface area contributed by atoms with Crippen molar-refractivity contribution in [1.29, 1.82) is 0 Å². The summed E-state index contributed by atoms with van der Waals surface area (Å²) in [7, 11) is 0. The Hall–Kier alpha value is -4.12. The second-order valence-corrected chi connectivity index (χ2v) is 8.69. The molecule has 16 nitrogen and oxygen atoms in total. The number of amides is 3. The van der Waals surface area contributed by atoms with E-state index in [4.69, 9.17) is 17.2 Å². The van der Waals surface area contributed by atoms with E-state index < -0.39 is 47.9 Å². The number of aliphatic imine (C=N–C) groups is 1. The third-order valence-electron chi connectivity index (χ3n) is 5.32. The van der Waals surface area contributed by atoms with Gasteiger partial charge in [-0.2, -0.15) is 12.6 Å². The van der Waals surface area contributed by atoms with E-state index in [0.29, 0.717) is 11.4 Å². The van der Waals surface area contributed by atoms with Gasteiger partial charge in [-0.15, -0.1) is 0 Å². The van der Waals surface area contributed by atoms with E-state index in [9.17, 15) is 24.3 Å². The first-order valence-corrected chi connectivity index (χ1v) is 12.2. The molecule has 2 aromatic heterocycles. The first-order chi connectivity index (χ1) is 18.1. The molecule has 0 aliphatic rings. The van der Waals surface area contributed by atoms with E-state index in [1.165, 1.54) is 25.0 Å². The number of carbonyl (C=O) groups excluding carboxylic acids is 3. The van der Waals surface area contributed by atoms with Gasteiger partial charge in [0.1, 0.15) is 18.1 Å². The van der Waals surface area contributed by atoms with Crippen LogP contribution < -0.4 is 33.2 Å². The van der Waals surface area contributed by atoms with Crippen molar-refractivity contribution in [2.75, 3.05) is 12.3 Å². The number of thiol groups is 1. The molecule has 2 aromatic rings. The molecule has 12 N–H and O–H groups in total. The van der Waals surface area contributed by atoms with Crippen molar-refractivity contribution in [3.8, 4) is 0 Å². The Morgan fingerprint density at radius 3 is 1.84 bits per heavy atom. The number of nitrogens with one attached hydrogen (secondary N) is 5. The Morgan fingerprint density at radius 2 is 1.42 bits per heavy atom. The molecule has 0 aromatic carbocycles. The van der Waals surface area contributed by atoms with Crippen LogP contribution in [0, 0.1) is 0 Å². The second-order valence-electron chi connectivity index (χ2n) is 8.32. The number of guanidine groups is 1. The van der Waals surface area contributed by atoms with Crippen LogP contribution in [-0.4, -0.2) is 91.2 Å². The number of hydrogen-bond donors (Lipinski definition) is 10. The molecule has 2 rings (SSSR count). The zero-order valence-corrected chi connectivity index (χ0v) is 21.4. The summed E-state index contributed by atoms with van der Waals surface area (Å²) in [6.07, 6.45) is 6.09. The summed E-state index contributed by atoms with van der Waals surface area (Å²) in [6, 6.07) is -4.55. The maximum atomic E-state index is 13.3. The molecule has 4 unspecified atom stereocenters. The van der Waals surface area contributed by atoms with Crippen LogP contribution in [0.3, 0.4) is 0 Å². The number of nitrogens with two attached hydrogens (primary N) is 3. The summed E-state index contributed by atoms with van der Waals surface area (Å²) in [4.78, 5) is 67.9. The molecule has 38 heavy (non-hydrogen) atoms. The maximum absolute atomic E-state index is 13.3. The van der Waals surface area contributed by atoms with Crippen LogP contribution in [0.2, 0.25) is 0 Å². The molecule has 3 amide bonds. The Balaban J connectivity index is 2.19. The van der Waals surface area contributed by atoms with Crippen molar-refractivity contribution in [1.82, 2.24) is 35.9 Å². The van der Waals surface area contributed by atoms with E-state index in [0.717, 1.165) is 0 Å². The minimum atomic E-state index is -1.26. The van der Waals surface area contributed by atoms with Crippen molar-refractivity contribution in [3.05, 3.63) is 36.4 Å². The molecule has 0 saturated heterocycles. The van der Waals surface area contributed by atoms with E-state index in [-0.39, 0.29) is 43.9 Å². The van der Waals surface area contributed by atoms with Crippen LogP contribution in [0.25, 0.3) is 0 Å². The van der Waals surface area contributed by atoms with E-state index in [2.05, 4.69) is 53.5 Å². The van der Waals surface area contributed by atoms with Gasteiger partial charge in [-0.1, -0.05) is 0 Å². The van der Waals surface area contributed by atoms with Crippen LogP contribution >= 0.6 is 12.6 Å². The number of aliphatic carboxylic acids is 1. The van der Waals surface area contributed by atoms with Crippen molar-refractivity contribution in [2.24, 2.45) is 22.2 Å². The largest absolute Gasteiger partial charge is 0.480 e. The number of H-pyrrole nitrogens is 2. The second kappa shape index (κ2) is 15.2. The quantitative estimate of drug-likeness (QED) is 0.0431. The highest BCUT2D eigenvalue weighted by Crippen LogP contribution is 2.06. The van der Waals surface area contributed by atoms with Crippen molar-refractivity contribution < 1.29 is 24.3 Å². The zero-order chi connectivity index (χ0) is 28.1. The number of rotatable bonds is 16. The highest BCUT2D eigenvalue weighted by Gasteiger charge is 2.31. The van der Waals surface area contributed by atoms with Gasteiger partial charge in [-0.05, 0) is 12.8 Å². The van der Waals surface area contributed by atoms with Gasteiger partial charge in [0, 0.05) is 48.9 Å². The van der Waals surface area contributed by atoms with Gasteiger partial charge in [-0.25, -0.2) is 14.8 Å². The monoisotopic (exact) mass is 551 g/mol. The molecular formula is C21H33N11O5S. The fourth-order valence-corrected chi connectivity index (χ4v) is 3.48.